The fraction of sp³-hybridized carbons (Fsp3) is 0.875. The van der Waals surface area contributed by atoms with E-state index in [4.69, 9.17) is 18.9 Å². The zero-order valence-electron chi connectivity index (χ0n) is 16.6. The summed E-state index contributed by atoms with van der Waals surface area (Å²) in [6.45, 7) is 2.25. The van der Waals surface area contributed by atoms with Crippen LogP contribution in [0.1, 0.15) is 13.8 Å². The van der Waals surface area contributed by atoms with Gasteiger partial charge >= 0.3 is 29.6 Å². The van der Waals surface area contributed by atoms with Gasteiger partial charge in [0.2, 0.25) is 5.91 Å². The van der Waals surface area contributed by atoms with E-state index in [1.165, 1.54) is 6.92 Å². The predicted octanol–water partition coefficient (Wildman–Crippen LogP) is -7.77. The number of carboxylic acid groups (broad SMARTS) is 1. The van der Waals surface area contributed by atoms with Crippen molar-refractivity contribution in [3.05, 3.63) is 0 Å². The molecule has 10 atom stereocenters. The van der Waals surface area contributed by atoms with Crippen LogP contribution in [0, 0.1) is 0 Å². The maximum Gasteiger partial charge on any atom is 1.00 e. The van der Waals surface area contributed by atoms with Crippen molar-refractivity contribution in [2.24, 2.45) is 0 Å². The van der Waals surface area contributed by atoms with Crippen LogP contribution in [0.5, 0.6) is 0 Å². The number of methoxy groups -OCH3 is 1. The normalized spacial score (nSPS) is 42.6. The summed E-state index contributed by atoms with van der Waals surface area (Å²) in [5.41, 5.74) is 0. The van der Waals surface area contributed by atoms with Gasteiger partial charge in [-0.1, -0.05) is 0 Å². The Morgan fingerprint density at radius 2 is 1.72 bits per heavy atom. The third-order valence-corrected chi connectivity index (χ3v) is 4.86. The molecule has 0 radical (unpaired) electrons. The van der Waals surface area contributed by atoms with E-state index in [-0.39, 0.29) is 29.6 Å². The number of hydrogen-bond acceptors (Lipinski definition) is 11. The second-order valence-corrected chi connectivity index (χ2v) is 6.81. The molecule has 2 aliphatic heterocycles. The fourth-order valence-electron chi connectivity index (χ4n) is 3.44. The smallest absolute Gasteiger partial charge is 0.547 e. The molecule has 0 aromatic rings. The van der Waals surface area contributed by atoms with Crippen molar-refractivity contribution in [2.45, 2.75) is 75.0 Å². The van der Waals surface area contributed by atoms with Crippen molar-refractivity contribution >= 4 is 11.9 Å². The number of carboxylic acids is 1. The van der Waals surface area contributed by atoms with Gasteiger partial charge in [-0.3, -0.25) is 4.79 Å². The summed E-state index contributed by atoms with van der Waals surface area (Å²) in [6, 6.07) is -0.912. The molecular weight excluding hydrogens is 405 g/mol. The van der Waals surface area contributed by atoms with Crippen molar-refractivity contribution in [3.63, 3.8) is 0 Å². The van der Waals surface area contributed by atoms with Crippen LogP contribution in [0.3, 0.4) is 0 Å². The number of hydrogen-bond donors (Lipinski definition) is 5. The molecule has 0 saturated carbocycles. The molecule has 0 spiro atoms. The van der Waals surface area contributed by atoms with Crippen LogP contribution < -0.4 is 40.0 Å². The van der Waals surface area contributed by atoms with Gasteiger partial charge in [0, 0.05) is 14.0 Å². The Balaban J connectivity index is 0.00000420. The molecule has 0 aromatic carbocycles. The van der Waals surface area contributed by atoms with Gasteiger partial charge in [-0.05, 0) is 6.92 Å². The molecule has 0 bridgehead atoms. The van der Waals surface area contributed by atoms with E-state index in [2.05, 4.69) is 5.32 Å². The third-order valence-electron chi connectivity index (χ3n) is 4.86. The summed E-state index contributed by atoms with van der Waals surface area (Å²) in [7, 11) is 1.13. The Bertz CT molecular complexity index is 567. The van der Waals surface area contributed by atoms with Crippen molar-refractivity contribution < 1.29 is 83.6 Å². The number of aliphatic hydroxyl groups excluding tert-OH is 4. The van der Waals surface area contributed by atoms with Crippen LogP contribution in [0.15, 0.2) is 0 Å². The molecule has 2 heterocycles. The molecular formula is C16H26NNaO11. The molecule has 10 unspecified atom stereocenters. The molecule has 12 nitrogen and oxygen atoms in total. The standard InChI is InChI=1S/C16H27NO11.Na/c1-5-8(17-6(2)19)12(9(20)7(4-18)26-5)27-16-11(22)10(21)13(25-3)14(28-16)15(23)24;/h5,7-14,16,18,20-22H,4H2,1-3H3,(H,17,19)(H,23,24);/q;+1/p-1. The summed E-state index contributed by atoms with van der Waals surface area (Å²) in [6.07, 6.45) is -12.7. The Labute approximate surface area is 189 Å². The number of amides is 1. The van der Waals surface area contributed by atoms with Crippen molar-refractivity contribution in [3.8, 4) is 0 Å². The van der Waals surface area contributed by atoms with Crippen LogP contribution >= 0.6 is 0 Å². The average Bonchev–Trinajstić information content (AvgIpc) is 2.63. The summed E-state index contributed by atoms with van der Waals surface area (Å²) < 4.78 is 21.1. The molecule has 0 aromatic heterocycles. The molecule has 29 heavy (non-hydrogen) atoms. The van der Waals surface area contributed by atoms with Gasteiger partial charge in [0.25, 0.3) is 0 Å². The largest absolute Gasteiger partial charge is 1.00 e. The van der Waals surface area contributed by atoms with Gasteiger partial charge in [-0.15, -0.1) is 0 Å². The first-order valence-corrected chi connectivity index (χ1v) is 8.74. The van der Waals surface area contributed by atoms with E-state index in [1.54, 1.807) is 6.92 Å². The van der Waals surface area contributed by atoms with Crippen molar-refractivity contribution in [1.82, 2.24) is 5.32 Å². The second-order valence-electron chi connectivity index (χ2n) is 6.81. The fourth-order valence-corrected chi connectivity index (χ4v) is 3.44. The summed E-state index contributed by atoms with van der Waals surface area (Å²) in [5.74, 6) is -2.15. The molecule has 2 saturated heterocycles. The number of nitrogens with one attached hydrogen (secondary N) is 1. The van der Waals surface area contributed by atoms with Gasteiger partial charge in [0.15, 0.2) is 6.29 Å². The van der Waals surface area contributed by atoms with Gasteiger partial charge in [-0.2, -0.15) is 0 Å². The summed E-state index contributed by atoms with van der Waals surface area (Å²) in [5, 5.41) is 54.2. The van der Waals surface area contributed by atoms with Gasteiger partial charge < -0.3 is 54.6 Å². The third kappa shape index (κ3) is 5.86. The number of aliphatic carboxylic acids is 1. The van der Waals surface area contributed by atoms with E-state index >= 15 is 0 Å². The summed E-state index contributed by atoms with van der Waals surface area (Å²) >= 11 is 0. The Kier molecular flexibility index (Phi) is 10.4. The zero-order valence-corrected chi connectivity index (χ0v) is 18.6. The minimum absolute atomic E-state index is 0. The molecule has 2 fully saturated rings. The monoisotopic (exact) mass is 431 g/mol. The Hall–Kier alpha value is -0.380. The Morgan fingerprint density at radius 3 is 2.21 bits per heavy atom. The maximum absolute atomic E-state index is 11.5. The van der Waals surface area contributed by atoms with Gasteiger partial charge in [0.1, 0.15) is 42.7 Å². The molecule has 2 aliphatic rings. The van der Waals surface area contributed by atoms with Crippen LogP contribution in [0.25, 0.3) is 0 Å². The molecule has 2 rings (SSSR count). The molecule has 0 aliphatic carbocycles. The van der Waals surface area contributed by atoms with Crippen LogP contribution in [-0.4, -0.2) is 107 Å². The number of rotatable bonds is 6. The molecule has 13 heteroatoms. The molecule has 5 N–H and O–H groups in total. The first kappa shape index (κ1) is 26.7. The van der Waals surface area contributed by atoms with E-state index in [0.29, 0.717) is 0 Å². The van der Waals surface area contributed by atoms with Crippen LogP contribution in [0.2, 0.25) is 0 Å². The minimum atomic E-state index is -1.75. The quantitative estimate of drug-likeness (QED) is 0.251. The maximum atomic E-state index is 11.5. The predicted molar refractivity (Wildman–Crippen MR) is 86.4 cm³/mol. The van der Waals surface area contributed by atoms with E-state index < -0.39 is 79.6 Å². The van der Waals surface area contributed by atoms with Crippen LogP contribution in [0.4, 0.5) is 0 Å². The van der Waals surface area contributed by atoms with Gasteiger partial charge in [-0.25, -0.2) is 0 Å². The SMILES string of the molecule is COC1C(C(=O)[O-])OC(OC2C(O)C(CO)OC(C)C2NC(C)=O)C(O)C1O.[Na+]. The summed E-state index contributed by atoms with van der Waals surface area (Å²) in [4.78, 5) is 22.8. The zero-order chi connectivity index (χ0) is 21.2. The topological polar surface area (TPSA) is 187 Å². The minimum Gasteiger partial charge on any atom is -0.547 e. The van der Waals surface area contributed by atoms with Crippen LogP contribution in [-0.2, 0) is 28.5 Å². The first-order chi connectivity index (χ1) is 13.1. The first-order valence-electron chi connectivity index (χ1n) is 8.74. The molecule has 1 amide bonds. The van der Waals surface area contributed by atoms with Gasteiger partial charge in [0.05, 0.1) is 24.7 Å². The number of aliphatic hydroxyl groups is 4. The average molecular weight is 431 g/mol. The Morgan fingerprint density at radius 1 is 1.10 bits per heavy atom. The second kappa shape index (κ2) is 11.3. The molecule has 162 valence electrons. The van der Waals surface area contributed by atoms with E-state index in [0.717, 1.165) is 7.11 Å². The van der Waals surface area contributed by atoms with Crippen molar-refractivity contribution in [2.75, 3.05) is 13.7 Å². The van der Waals surface area contributed by atoms with E-state index in [9.17, 15) is 35.1 Å². The number of carbonyl (C=O) groups is 2. The van der Waals surface area contributed by atoms with Crippen molar-refractivity contribution in [1.29, 1.82) is 0 Å². The number of ether oxygens (including phenoxy) is 4. The number of carbonyl (C=O) groups excluding carboxylic acids is 2. The van der Waals surface area contributed by atoms with E-state index in [1.807, 2.05) is 0 Å².